The lowest BCUT2D eigenvalue weighted by atomic mass is 9.97. The molecule has 0 aromatic heterocycles. The van der Waals surface area contributed by atoms with E-state index in [0.29, 0.717) is 12.2 Å². The molecule has 0 aliphatic carbocycles. The predicted molar refractivity (Wildman–Crippen MR) is 89.6 cm³/mol. The second-order valence-corrected chi connectivity index (χ2v) is 6.34. The summed E-state index contributed by atoms with van der Waals surface area (Å²) < 4.78 is 0. The molecular weight excluding hydrogens is 296 g/mol. The van der Waals surface area contributed by atoms with E-state index in [-0.39, 0.29) is 12.3 Å². The summed E-state index contributed by atoms with van der Waals surface area (Å²) in [4.78, 5) is 11.1. The standard InChI is InChI=1S/C18H20O3S/c19-17(20)12-16(11-14-7-3-1-4-8-14)18(21)22-13-15-9-5-2-6-10-15/h1-10,16,18,21H,11-13H2,(H,19,20)/t16-,18-/m1/s1. The van der Waals surface area contributed by atoms with Gasteiger partial charge in [0.15, 0.2) is 0 Å². The molecule has 2 aromatic carbocycles. The average Bonchev–Trinajstić information content (AvgIpc) is 2.53. The number of hydrogen-bond donors (Lipinski definition) is 2. The third-order valence-corrected chi connectivity index (χ3v) is 4.67. The summed E-state index contributed by atoms with van der Waals surface area (Å²) in [7, 11) is 0. The number of aliphatic hydroxyl groups excluding tert-OH is 1. The largest absolute Gasteiger partial charge is 0.481 e. The van der Waals surface area contributed by atoms with Crippen molar-refractivity contribution in [1.82, 2.24) is 0 Å². The van der Waals surface area contributed by atoms with Crippen molar-refractivity contribution in [3.63, 3.8) is 0 Å². The van der Waals surface area contributed by atoms with Crippen LogP contribution in [0.15, 0.2) is 60.7 Å². The van der Waals surface area contributed by atoms with Crippen molar-refractivity contribution in [2.75, 3.05) is 0 Å². The van der Waals surface area contributed by atoms with E-state index in [1.54, 1.807) is 0 Å². The van der Waals surface area contributed by atoms with Crippen LogP contribution in [0.5, 0.6) is 0 Å². The van der Waals surface area contributed by atoms with Crippen LogP contribution in [0.25, 0.3) is 0 Å². The fraction of sp³-hybridized carbons (Fsp3) is 0.278. The first kappa shape index (κ1) is 16.6. The highest BCUT2D eigenvalue weighted by atomic mass is 32.2. The van der Waals surface area contributed by atoms with Gasteiger partial charge in [0.2, 0.25) is 0 Å². The van der Waals surface area contributed by atoms with Gasteiger partial charge in [-0.05, 0) is 17.5 Å². The Morgan fingerprint density at radius 2 is 1.50 bits per heavy atom. The van der Waals surface area contributed by atoms with Gasteiger partial charge >= 0.3 is 5.97 Å². The average molecular weight is 316 g/mol. The minimum atomic E-state index is -0.875. The van der Waals surface area contributed by atoms with Crippen LogP contribution >= 0.6 is 11.8 Å². The van der Waals surface area contributed by atoms with E-state index in [1.807, 2.05) is 60.7 Å². The first-order chi connectivity index (χ1) is 10.6. The second kappa shape index (κ2) is 8.61. The molecular formula is C18H20O3S. The molecule has 0 spiro atoms. The van der Waals surface area contributed by atoms with Crippen LogP contribution in [0.1, 0.15) is 17.5 Å². The molecule has 4 heteroatoms. The summed E-state index contributed by atoms with van der Waals surface area (Å²) in [6.45, 7) is 0. The lowest BCUT2D eigenvalue weighted by molar-refractivity contribution is -0.138. The Balaban J connectivity index is 1.96. The van der Waals surface area contributed by atoms with Crippen molar-refractivity contribution in [3.8, 4) is 0 Å². The first-order valence-electron chi connectivity index (χ1n) is 7.24. The molecule has 2 rings (SSSR count). The van der Waals surface area contributed by atoms with E-state index in [0.717, 1.165) is 11.1 Å². The van der Waals surface area contributed by atoms with Crippen LogP contribution < -0.4 is 0 Å². The van der Waals surface area contributed by atoms with Gasteiger partial charge in [0.05, 0.1) is 6.42 Å². The monoisotopic (exact) mass is 316 g/mol. The molecule has 0 radical (unpaired) electrons. The molecule has 2 atom stereocenters. The smallest absolute Gasteiger partial charge is 0.303 e. The molecule has 0 aliphatic heterocycles. The van der Waals surface area contributed by atoms with Crippen molar-refractivity contribution in [2.24, 2.45) is 5.92 Å². The Morgan fingerprint density at radius 1 is 0.955 bits per heavy atom. The van der Waals surface area contributed by atoms with E-state index in [2.05, 4.69) is 0 Å². The van der Waals surface area contributed by atoms with E-state index in [4.69, 9.17) is 5.11 Å². The number of carboxylic acids is 1. The zero-order valence-electron chi connectivity index (χ0n) is 12.3. The number of carbonyl (C=O) groups is 1. The summed E-state index contributed by atoms with van der Waals surface area (Å²) in [6.07, 6.45) is 0.536. The summed E-state index contributed by atoms with van der Waals surface area (Å²) in [5, 5.41) is 19.5. The van der Waals surface area contributed by atoms with Gasteiger partial charge in [-0.25, -0.2) is 0 Å². The van der Waals surface area contributed by atoms with Gasteiger partial charge in [-0.1, -0.05) is 60.7 Å². The van der Waals surface area contributed by atoms with Gasteiger partial charge in [0.1, 0.15) is 5.44 Å². The Morgan fingerprint density at radius 3 is 2.05 bits per heavy atom. The van der Waals surface area contributed by atoms with Crippen LogP contribution in [0.2, 0.25) is 0 Å². The molecule has 0 saturated carbocycles. The predicted octanol–water partition coefficient (Wildman–Crippen LogP) is 3.57. The van der Waals surface area contributed by atoms with E-state index >= 15 is 0 Å². The van der Waals surface area contributed by atoms with Gasteiger partial charge in [0, 0.05) is 11.7 Å². The van der Waals surface area contributed by atoms with Gasteiger partial charge in [0.25, 0.3) is 0 Å². The second-order valence-electron chi connectivity index (χ2n) is 5.23. The minimum absolute atomic E-state index is 0.0299. The highest BCUT2D eigenvalue weighted by Gasteiger charge is 2.23. The first-order valence-corrected chi connectivity index (χ1v) is 8.29. The summed E-state index contributed by atoms with van der Waals surface area (Å²) >= 11 is 1.39. The molecule has 0 bridgehead atoms. The van der Waals surface area contributed by atoms with E-state index in [9.17, 15) is 9.90 Å². The zero-order valence-corrected chi connectivity index (χ0v) is 13.1. The van der Waals surface area contributed by atoms with Crippen molar-refractivity contribution >= 4 is 17.7 Å². The Kier molecular flexibility index (Phi) is 6.49. The molecule has 0 aliphatic rings. The molecule has 0 heterocycles. The number of thioether (sulfide) groups is 1. The third-order valence-electron chi connectivity index (χ3n) is 3.44. The quantitative estimate of drug-likeness (QED) is 0.731. The fourth-order valence-corrected chi connectivity index (χ4v) is 3.33. The van der Waals surface area contributed by atoms with Gasteiger partial charge in [-0.15, -0.1) is 11.8 Å². The summed E-state index contributed by atoms with van der Waals surface area (Å²) in [6, 6.07) is 19.6. The normalized spacial score (nSPS) is 13.5. The highest BCUT2D eigenvalue weighted by molar-refractivity contribution is 7.98. The summed E-state index contributed by atoms with van der Waals surface area (Å²) in [5.41, 5.74) is 1.48. The molecule has 2 N–H and O–H groups in total. The third kappa shape index (κ3) is 5.54. The Labute approximate surface area is 135 Å². The summed E-state index contributed by atoms with van der Waals surface area (Å²) in [5.74, 6) is -0.499. The maximum atomic E-state index is 11.1. The molecule has 3 nitrogen and oxygen atoms in total. The minimum Gasteiger partial charge on any atom is -0.481 e. The number of benzene rings is 2. The number of hydrogen-bond acceptors (Lipinski definition) is 3. The van der Waals surface area contributed by atoms with Crippen molar-refractivity contribution < 1.29 is 15.0 Å². The zero-order chi connectivity index (χ0) is 15.8. The lowest BCUT2D eigenvalue weighted by Gasteiger charge is -2.21. The van der Waals surface area contributed by atoms with Crippen LogP contribution in [-0.2, 0) is 17.0 Å². The topological polar surface area (TPSA) is 57.5 Å². The van der Waals surface area contributed by atoms with Crippen LogP contribution in [0.4, 0.5) is 0 Å². The molecule has 0 unspecified atom stereocenters. The van der Waals surface area contributed by atoms with Crippen LogP contribution in [0.3, 0.4) is 0 Å². The molecule has 22 heavy (non-hydrogen) atoms. The van der Waals surface area contributed by atoms with Crippen LogP contribution in [0, 0.1) is 5.92 Å². The highest BCUT2D eigenvalue weighted by Crippen LogP contribution is 2.27. The molecule has 0 amide bonds. The van der Waals surface area contributed by atoms with E-state index < -0.39 is 11.4 Å². The number of aliphatic carboxylic acids is 1. The maximum Gasteiger partial charge on any atom is 0.303 e. The fourth-order valence-electron chi connectivity index (χ4n) is 2.31. The Hall–Kier alpha value is -1.78. The van der Waals surface area contributed by atoms with Gasteiger partial charge in [-0.2, -0.15) is 0 Å². The molecule has 2 aromatic rings. The lowest BCUT2D eigenvalue weighted by Crippen LogP contribution is -2.23. The Bertz CT molecular complexity index is 571. The number of carboxylic acid groups (broad SMARTS) is 1. The molecule has 0 fully saturated rings. The van der Waals surface area contributed by atoms with Crippen molar-refractivity contribution in [2.45, 2.75) is 24.0 Å². The van der Waals surface area contributed by atoms with Crippen molar-refractivity contribution in [1.29, 1.82) is 0 Å². The number of rotatable bonds is 8. The SMILES string of the molecule is O=C(O)C[C@@H](Cc1ccccc1)[C@H](O)SCc1ccccc1. The number of aliphatic hydroxyl groups is 1. The van der Waals surface area contributed by atoms with Gasteiger partial charge < -0.3 is 10.2 Å². The molecule has 0 saturated heterocycles. The van der Waals surface area contributed by atoms with Crippen molar-refractivity contribution in [3.05, 3.63) is 71.8 Å². The van der Waals surface area contributed by atoms with Gasteiger partial charge in [-0.3, -0.25) is 4.79 Å². The molecule has 116 valence electrons. The maximum absolute atomic E-state index is 11.1. The van der Waals surface area contributed by atoms with E-state index in [1.165, 1.54) is 11.8 Å². The van der Waals surface area contributed by atoms with Crippen LogP contribution in [-0.4, -0.2) is 21.6 Å².